The standard InChI is InChI=1S/C11H23NO3/c1-4-9(5-2)11(14)12-10(6-7-13)8-15-3/h9-10,13H,4-8H2,1-3H3,(H,12,14). The van der Waals surface area contributed by atoms with E-state index < -0.39 is 0 Å². The van der Waals surface area contributed by atoms with Crippen molar-refractivity contribution in [1.82, 2.24) is 5.32 Å². The van der Waals surface area contributed by atoms with Crippen LogP contribution in [-0.2, 0) is 9.53 Å². The first-order chi connectivity index (χ1) is 7.19. The van der Waals surface area contributed by atoms with E-state index >= 15 is 0 Å². The number of hydrogen-bond acceptors (Lipinski definition) is 3. The molecule has 1 unspecified atom stereocenters. The number of rotatable bonds is 8. The summed E-state index contributed by atoms with van der Waals surface area (Å²) >= 11 is 0. The van der Waals surface area contributed by atoms with E-state index in [1.165, 1.54) is 0 Å². The molecule has 0 aromatic rings. The Morgan fingerprint density at radius 3 is 2.40 bits per heavy atom. The zero-order valence-electron chi connectivity index (χ0n) is 9.95. The SMILES string of the molecule is CCC(CC)C(=O)NC(CCO)COC. The lowest BCUT2D eigenvalue weighted by molar-refractivity contribution is -0.126. The normalized spacial score (nSPS) is 12.9. The van der Waals surface area contributed by atoms with Crippen LogP contribution in [0.2, 0.25) is 0 Å². The van der Waals surface area contributed by atoms with Gasteiger partial charge in [0.1, 0.15) is 0 Å². The predicted molar refractivity (Wildman–Crippen MR) is 59.6 cm³/mol. The number of aliphatic hydroxyl groups excluding tert-OH is 1. The molecule has 0 aliphatic rings. The van der Waals surface area contributed by atoms with E-state index in [9.17, 15) is 4.79 Å². The highest BCUT2D eigenvalue weighted by Gasteiger charge is 2.17. The van der Waals surface area contributed by atoms with Gasteiger partial charge in [0.15, 0.2) is 0 Å². The summed E-state index contributed by atoms with van der Waals surface area (Å²) < 4.78 is 4.98. The van der Waals surface area contributed by atoms with Gasteiger partial charge in [-0.05, 0) is 19.3 Å². The first-order valence-corrected chi connectivity index (χ1v) is 5.59. The molecule has 2 N–H and O–H groups in total. The largest absolute Gasteiger partial charge is 0.396 e. The van der Waals surface area contributed by atoms with Gasteiger partial charge in [-0.3, -0.25) is 4.79 Å². The summed E-state index contributed by atoms with van der Waals surface area (Å²) in [6.07, 6.45) is 2.24. The maximum absolute atomic E-state index is 11.7. The molecule has 4 heteroatoms. The summed E-state index contributed by atoms with van der Waals surface area (Å²) in [6.45, 7) is 4.53. The molecule has 0 rings (SSSR count). The Labute approximate surface area is 92.0 Å². The summed E-state index contributed by atoms with van der Waals surface area (Å²) in [6, 6.07) is -0.0758. The van der Waals surface area contributed by atoms with E-state index in [2.05, 4.69) is 5.32 Å². The molecule has 4 nitrogen and oxygen atoms in total. The number of carbonyl (C=O) groups excluding carboxylic acids is 1. The summed E-state index contributed by atoms with van der Waals surface area (Å²) in [7, 11) is 1.59. The predicted octanol–water partition coefficient (Wildman–Crippen LogP) is 0.936. The summed E-state index contributed by atoms with van der Waals surface area (Å²) in [5.41, 5.74) is 0. The van der Waals surface area contributed by atoms with Gasteiger partial charge in [-0.25, -0.2) is 0 Å². The quantitative estimate of drug-likeness (QED) is 0.636. The van der Waals surface area contributed by atoms with Gasteiger partial charge >= 0.3 is 0 Å². The Kier molecular flexibility index (Phi) is 8.33. The lowest BCUT2D eigenvalue weighted by atomic mass is 10.0. The van der Waals surface area contributed by atoms with Crippen LogP contribution in [-0.4, -0.2) is 37.4 Å². The zero-order chi connectivity index (χ0) is 11.7. The first-order valence-electron chi connectivity index (χ1n) is 5.59. The van der Waals surface area contributed by atoms with Crippen LogP contribution in [0, 0.1) is 5.92 Å². The number of amides is 1. The fourth-order valence-corrected chi connectivity index (χ4v) is 1.53. The average molecular weight is 217 g/mol. The highest BCUT2D eigenvalue weighted by atomic mass is 16.5. The van der Waals surface area contributed by atoms with E-state index in [1.807, 2.05) is 13.8 Å². The highest BCUT2D eigenvalue weighted by molar-refractivity contribution is 5.78. The van der Waals surface area contributed by atoms with Crippen molar-refractivity contribution in [2.45, 2.75) is 39.2 Å². The molecule has 0 heterocycles. The van der Waals surface area contributed by atoms with Gasteiger partial charge in [0.2, 0.25) is 5.91 Å². The van der Waals surface area contributed by atoms with Crippen molar-refractivity contribution >= 4 is 5.91 Å². The second-order valence-corrected chi connectivity index (χ2v) is 3.69. The second-order valence-electron chi connectivity index (χ2n) is 3.69. The number of hydrogen-bond donors (Lipinski definition) is 2. The summed E-state index contributed by atoms with van der Waals surface area (Å²) in [4.78, 5) is 11.7. The van der Waals surface area contributed by atoms with E-state index in [4.69, 9.17) is 9.84 Å². The third-order valence-corrected chi connectivity index (χ3v) is 2.55. The Hall–Kier alpha value is -0.610. The minimum Gasteiger partial charge on any atom is -0.396 e. The topological polar surface area (TPSA) is 58.6 Å². The fraction of sp³-hybridized carbons (Fsp3) is 0.909. The molecular formula is C11H23NO3. The Morgan fingerprint density at radius 2 is 2.00 bits per heavy atom. The van der Waals surface area contributed by atoms with Crippen LogP contribution < -0.4 is 5.32 Å². The van der Waals surface area contributed by atoms with Crippen LogP contribution in [0.5, 0.6) is 0 Å². The van der Waals surface area contributed by atoms with Gasteiger partial charge in [-0.1, -0.05) is 13.8 Å². The summed E-state index contributed by atoms with van der Waals surface area (Å²) in [5.74, 6) is 0.138. The van der Waals surface area contributed by atoms with E-state index in [0.29, 0.717) is 13.0 Å². The van der Waals surface area contributed by atoms with Gasteiger partial charge in [0, 0.05) is 19.6 Å². The number of ether oxygens (including phenoxy) is 1. The molecule has 15 heavy (non-hydrogen) atoms. The average Bonchev–Trinajstić information content (AvgIpc) is 2.20. The van der Waals surface area contributed by atoms with Crippen molar-refractivity contribution in [3.8, 4) is 0 Å². The van der Waals surface area contributed by atoms with Crippen molar-refractivity contribution in [1.29, 1.82) is 0 Å². The maximum atomic E-state index is 11.7. The molecule has 90 valence electrons. The van der Waals surface area contributed by atoms with E-state index in [0.717, 1.165) is 12.8 Å². The van der Waals surface area contributed by atoms with Crippen molar-refractivity contribution < 1.29 is 14.6 Å². The zero-order valence-corrected chi connectivity index (χ0v) is 9.95. The number of nitrogens with one attached hydrogen (secondary N) is 1. The second kappa shape index (κ2) is 8.68. The van der Waals surface area contributed by atoms with Gasteiger partial charge in [0.05, 0.1) is 12.6 Å². The lowest BCUT2D eigenvalue weighted by Crippen LogP contribution is -2.41. The molecule has 0 spiro atoms. The van der Waals surface area contributed by atoms with Gasteiger partial charge < -0.3 is 15.2 Å². The Morgan fingerprint density at radius 1 is 1.40 bits per heavy atom. The minimum atomic E-state index is -0.0758. The summed E-state index contributed by atoms with van der Waals surface area (Å²) in [5, 5.41) is 11.7. The van der Waals surface area contributed by atoms with Crippen LogP contribution in [0.1, 0.15) is 33.1 Å². The third-order valence-electron chi connectivity index (χ3n) is 2.55. The van der Waals surface area contributed by atoms with Crippen LogP contribution in [0.15, 0.2) is 0 Å². The van der Waals surface area contributed by atoms with Crippen molar-refractivity contribution in [2.75, 3.05) is 20.3 Å². The van der Waals surface area contributed by atoms with Crippen molar-refractivity contribution in [3.63, 3.8) is 0 Å². The first kappa shape index (κ1) is 14.4. The molecule has 0 aromatic heterocycles. The lowest BCUT2D eigenvalue weighted by Gasteiger charge is -2.20. The Balaban J connectivity index is 4.07. The van der Waals surface area contributed by atoms with Gasteiger partial charge in [-0.15, -0.1) is 0 Å². The van der Waals surface area contributed by atoms with Crippen LogP contribution in [0.25, 0.3) is 0 Å². The molecule has 0 aliphatic carbocycles. The van der Waals surface area contributed by atoms with Crippen LogP contribution in [0.3, 0.4) is 0 Å². The molecule has 0 radical (unpaired) electrons. The fourth-order valence-electron chi connectivity index (χ4n) is 1.53. The minimum absolute atomic E-state index is 0.0653. The number of aliphatic hydroxyl groups is 1. The van der Waals surface area contributed by atoms with Crippen molar-refractivity contribution in [2.24, 2.45) is 5.92 Å². The maximum Gasteiger partial charge on any atom is 0.223 e. The molecule has 0 bridgehead atoms. The van der Waals surface area contributed by atoms with Crippen LogP contribution >= 0.6 is 0 Å². The van der Waals surface area contributed by atoms with E-state index in [1.54, 1.807) is 7.11 Å². The molecule has 0 fully saturated rings. The Bertz CT molecular complexity index is 163. The molecule has 0 aliphatic heterocycles. The highest BCUT2D eigenvalue weighted by Crippen LogP contribution is 2.08. The van der Waals surface area contributed by atoms with E-state index in [-0.39, 0.29) is 24.5 Å². The molecule has 1 atom stereocenters. The molecule has 0 saturated heterocycles. The smallest absolute Gasteiger partial charge is 0.223 e. The molecular weight excluding hydrogens is 194 g/mol. The monoisotopic (exact) mass is 217 g/mol. The number of carbonyl (C=O) groups is 1. The molecule has 0 saturated carbocycles. The van der Waals surface area contributed by atoms with Gasteiger partial charge in [-0.2, -0.15) is 0 Å². The third kappa shape index (κ3) is 5.74. The van der Waals surface area contributed by atoms with Crippen molar-refractivity contribution in [3.05, 3.63) is 0 Å². The number of methoxy groups -OCH3 is 1. The molecule has 1 amide bonds. The van der Waals surface area contributed by atoms with Crippen LogP contribution in [0.4, 0.5) is 0 Å². The molecule has 0 aromatic carbocycles. The van der Waals surface area contributed by atoms with Gasteiger partial charge in [0.25, 0.3) is 0 Å².